The van der Waals surface area contributed by atoms with Gasteiger partial charge in [-0.3, -0.25) is 4.79 Å². The van der Waals surface area contributed by atoms with Crippen LogP contribution >= 0.6 is 22.9 Å². The zero-order chi connectivity index (χ0) is 23.1. The number of aromatic nitrogens is 2. The number of carbonyl (C=O) groups excluding carboxylic acids is 1. The summed E-state index contributed by atoms with van der Waals surface area (Å²) in [6, 6.07) is 13.8. The summed E-state index contributed by atoms with van der Waals surface area (Å²) in [6.45, 7) is 2.29. The highest BCUT2D eigenvalue weighted by Gasteiger charge is 2.30. The minimum absolute atomic E-state index is 0.0277. The highest BCUT2D eigenvalue weighted by molar-refractivity contribution is 7.17. The van der Waals surface area contributed by atoms with Gasteiger partial charge in [-0.1, -0.05) is 23.7 Å². The predicted molar refractivity (Wildman–Crippen MR) is 134 cm³/mol. The summed E-state index contributed by atoms with van der Waals surface area (Å²) in [5.74, 6) is -0.0277. The molecule has 0 aliphatic carbocycles. The molecule has 1 amide bonds. The number of amides is 1. The first-order chi connectivity index (χ1) is 15.9. The van der Waals surface area contributed by atoms with Crippen LogP contribution in [0.2, 0.25) is 5.02 Å². The number of anilines is 2. The summed E-state index contributed by atoms with van der Waals surface area (Å²) in [5.41, 5.74) is 4.09. The van der Waals surface area contributed by atoms with E-state index in [4.69, 9.17) is 21.0 Å². The van der Waals surface area contributed by atoms with Crippen molar-refractivity contribution in [3.8, 4) is 10.6 Å². The highest BCUT2D eigenvalue weighted by Crippen LogP contribution is 2.35. The molecule has 2 aromatic heterocycles. The second kappa shape index (κ2) is 8.78. The number of rotatable bonds is 6. The fraction of sp³-hybridized carbons (Fsp3) is 0.292. The molecule has 170 valence electrons. The van der Waals surface area contributed by atoms with E-state index in [2.05, 4.69) is 9.88 Å². The predicted octanol–water partition coefficient (Wildman–Crippen LogP) is 4.81. The van der Waals surface area contributed by atoms with E-state index in [9.17, 15) is 4.79 Å². The molecule has 0 atom stereocenters. The lowest BCUT2D eigenvalue weighted by atomic mass is 10.1. The summed E-state index contributed by atoms with van der Waals surface area (Å²) >= 11 is 7.43. The van der Waals surface area contributed by atoms with Crippen molar-refractivity contribution in [1.82, 2.24) is 14.9 Å². The van der Waals surface area contributed by atoms with E-state index in [0.717, 1.165) is 40.6 Å². The van der Waals surface area contributed by atoms with Gasteiger partial charge in [0.15, 0.2) is 5.58 Å². The van der Waals surface area contributed by atoms with Crippen LogP contribution in [0.4, 0.5) is 11.7 Å². The molecule has 0 saturated heterocycles. The first-order valence-electron chi connectivity index (χ1n) is 10.7. The number of oxazole rings is 1. The van der Waals surface area contributed by atoms with Crippen molar-refractivity contribution in [2.75, 3.05) is 50.6 Å². The van der Waals surface area contributed by atoms with Gasteiger partial charge in [-0.25, -0.2) is 4.98 Å². The summed E-state index contributed by atoms with van der Waals surface area (Å²) in [5, 5.41) is 1.52. The number of benzene rings is 2. The van der Waals surface area contributed by atoms with Crippen LogP contribution in [0.5, 0.6) is 0 Å². The van der Waals surface area contributed by atoms with Gasteiger partial charge in [0.05, 0.1) is 5.69 Å². The van der Waals surface area contributed by atoms with Crippen LogP contribution in [0.15, 0.2) is 46.9 Å². The molecule has 4 aromatic rings. The third-order valence-corrected chi connectivity index (χ3v) is 7.07. The summed E-state index contributed by atoms with van der Waals surface area (Å²) in [7, 11) is 6.04. The second-order valence-electron chi connectivity index (χ2n) is 8.38. The van der Waals surface area contributed by atoms with Crippen LogP contribution in [0, 0.1) is 0 Å². The molecule has 0 spiro atoms. The Morgan fingerprint density at radius 2 is 1.88 bits per heavy atom. The van der Waals surface area contributed by atoms with Gasteiger partial charge in [-0.15, -0.1) is 11.3 Å². The molecule has 0 N–H and O–H groups in total. The molecule has 9 heteroatoms. The van der Waals surface area contributed by atoms with Crippen molar-refractivity contribution in [3.05, 3.63) is 58.1 Å². The first kappa shape index (κ1) is 21.9. The average molecular weight is 482 g/mol. The molecule has 0 bridgehead atoms. The molecule has 0 unspecified atom stereocenters. The van der Waals surface area contributed by atoms with Gasteiger partial charge < -0.3 is 19.1 Å². The molecule has 1 aliphatic rings. The molecule has 7 nitrogen and oxygen atoms in total. The Balaban J connectivity index is 1.39. The summed E-state index contributed by atoms with van der Waals surface area (Å²) in [4.78, 5) is 29.3. The van der Waals surface area contributed by atoms with Crippen LogP contribution in [-0.2, 0) is 6.42 Å². The Bertz CT molecular complexity index is 1310. The summed E-state index contributed by atoms with van der Waals surface area (Å²) < 4.78 is 5.92. The molecule has 5 rings (SSSR count). The van der Waals surface area contributed by atoms with Crippen LogP contribution in [0.3, 0.4) is 0 Å². The average Bonchev–Trinajstić information content (AvgIpc) is 3.42. The molecular formula is C24H24ClN5O2S. The number of hydrogen-bond acceptors (Lipinski definition) is 7. The van der Waals surface area contributed by atoms with Gasteiger partial charge >= 0.3 is 0 Å². The maximum absolute atomic E-state index is 13.3. The van der Waals surface area contributed by atoms with E-state index < -0.39 is 0 Å². The van der Waals surface area contributed by atoms with Gasteiger partial charge in [-0.2, -0.15) is 4.98 Å². The molecule has 0 saturated carbocycles. The zero-order valence-electron chi connectivity index (χ0n) is 18.7. The van der Waals surface area contributed by atoms with Gasteiger partial charge in [-0.05, 0) is 44.4 Å². The molecule has 1 aliphatic heterocycles. The Morgan fingerprint density at radius 3 is 2.64 bits per heavy atom. The maximum atomic E-state index is 13.3. The lowest BCUT2D eigenvalue weighted by molar-refractivity contribution is 0.0984. The van der Waals surface area contributed by atoms with Gasteiger partial charge in [0.1, 0.15) is 15.4 Å². The third-order valence-electron chi connectivity index (χ3n) is 5.68. The van der Waals surface area contributed by atoms with Gasteiger partial charge in [0.2, 0.25) is 0 Å². The van der Waals surface area contributed by atoms with E-state index in [-0.39, 0.29) is 5.91 Å². The number of nitrogens with zero attached hydrogens (tertiary/aromatic N) is 5. The number of halogens is 1. The largest absolute Gasteiger partial charge is 0.423 e. The van der Waals surface area contributed by atoms with E-state index in [0.29, 0.717) is 34.5 Å². The smallest absolute Gasteiger partial charge is 0.298 e. The topological polar surface area (TPSA) is 65.7 Å². The van der Waals surface area contributed by atoms with Crippen molar-refractivity contribution in [1.29, 1.82) is 0 Å². The van der Waals surface area contributed by atoms with Crippen molar-refractivity contribution in [2.24, 2.45) is 0 Å². The lowest BCUT2D eigenvalue weighted by Crippen LogP contribution is -2.36. The molecule has 33 heavy (non-hydrogen) atoms. The number of fused-ring (bicyclic) bond motifs is 2. The number of likely N-dealkylation sites (N-methyl/N-ethyl adjacent to an activating group) is 2. The molecule has 0 radical (unpaired) electrons. The third kappa shape index (κ3) is 4.34. The standard InChI is InChI=1S/C24H24ClN5O2S/c1-28(2)12-13-29(3)24-27-19-14-17(8-9-20(19)32-24)30-11-10-18-21(23(30)31)33-22(26-18)15-4-6-16(25)7-5-15/h4-9,14H,10-13H2,1-3H3. The maximum Gasteiger partial charge on any atom is 0.298 e. The van der Waals surface area contributed by atoms with Gasteiger partial charge in [0, 0.05) is 49.4 Å². The number of thiazole rings is 1. The number of carbonyl (C=O) groups is 1. The van der Waals surface area contributed by atoms with E-state index in [1.54, 1.807) is 4.90 Å². The fourth-order valence-corrected chi connectivity index (χ4v) is 4.96. The van der Waals surface area contributed by atoms with Crippen molar-refractivity contribution in [3.63, 3.8) is 0 Å². The van der Waals surface area contributed by atoms with Crippen LogP contribution in [0.1, 0.15) is 15.4 Å². The zero-order valence-corrected chi connectivity index (χ0v) is 20.3. The Labute approximate surface area is 201 Å². The Hall–Kier alpha value is -2.94. The highest BCUT2D eigenvalue weighted by atomic mass is 35.5. The van der Waals surface area contributed by atoms with Gasteiger partial charge in [0.25, 0.3) is 11.9 Å². The number of hydrogen-bond donors (Lipinski definition) is 0. The van der Waals surface area contributed by atoms with Crippen molar-refractivity contribution in [2.45, 2.75) is 6.42 Å². The second-order valence-corrected chi connectivity index (χ2v) is 9.82. The molecular weight excluding hydrogens is 458 g/mol. The summed E-state index contributed by atoms with van der Waals surface area (Å²) in [6.07, 6.45) is 0.709. The monoisotopic (exact) mass is 481 g/mol. The SMILES string of the molecule is CN(C)CCN(C)c1nc2cc(N3CCc4nc(-c5ccc(Cl)cc5)sc4C3=O)ccc2o1. The molecule has 3 heterocycles. The van der Waals surface area contributed by atoms with E-state index >= 15 is 0 Å². The lowest BCUT2D eigenvalue weighted by Gasteiger charge is -2.25. The normalized spacial score (nSPS) is 13.7. The quantitative estimate of drug-likeness (QED) is 0.394. The van der Waals surface area contributed by atoms with Crippen molar-refractivity contribution >= 4 is 51.6 Å². The minimum atomic E-state index is -0.0277. The minimum Gasteiger partial charge on any atom is -0.423 e. The van der Waals surface area contributed by atoms with Crippen LogP contribution in [-0.4, -0.2) is 61.6 Å². The van der Waals surface area contributed by atoms with E-state index in [1.807, 2.05) is 68.5 Å². The van der Waals surface area contributed by atoms with Crippen LogP contribution < -0.4 is 9.80 Å². The van der Waals surface area contributed by atoms with Crippen LogP contribution in [0.25, 0.3) is 21.7 Å². The Morgan fingerprint density at radius 1 is 1.09 bits per heavy atom. The van der Waals surface area contributed by atoms with E-state index in [1.165, 1.54) is 11.3 Å². The van der Waals surface area contributed by atoms with Crippen molar-refractivity contribution < 1.29 is 9.21 Å². The first-order valence-corrected chi connectivity index (χ1v) is 11.9. The fourth-order valence-electron chi connectivity index (χ4n) is 3.77. The Kier molecular flexibility index (Phi) is 5.82. The molecule has 2 aromatic carbocycles. The molecule has 0 fully saturated rings.